The van der Waals surface area contributed by atoms with E-state index in [1.165, 1.54) is 6.92 Å². The predicted molar refractivity (Wildman–Crippen MR) is 62.2 cm³/mol. The summed E-state index contributed by atoms with van der Waals surface area (Å²) in [6.45, 7) is 3.35. The van der Waals surface area contributed by atoms with E-state index in [0.29, 0.717) is 0 Å². The van der Waals surface area contributed by atoms with Crippen LogP contribution in [-0.2, 0) is 4.74 Å². The molecule has 4 N–H and O–H groups in total. The van der Waals surface area contributed by atoms with Crippen LogP contribution < -0.4 is 0 Å². The van der Waals surface area contributed by atoms with E-state index in [1.807, 2.05) is 0 Å². The van der Waals surface area contributed by atoms with Crippen molar-refractivity contribution in [1.82, 2.24) is 0 Å². The van der Waals surface area contributed by atoms with Gasteiger partial charge in [-0.1, -0.05) is 0 Å². The molecule has 0 aromatic rings. The van der Waals surface area contributed by atoms with Crippen molar-refractivity contribution in [1.29, 1.82) is 0 Å². The minimum Gasteiger partial charge on any atom is -0.396 e. The molecule has 16 heavy (non-hydrogen) atoms. The molecule has 0 radical (unpaired) electrons. The molecule has 0 fully saturated rings. The Balaban J connectivity index is 0. The summed E-state index contributed by atoms with van der Waals surface area (Å²) in [6.07, 6.45) is 2.93. The molecule has 0 aromatic heterocycles. The fourth-order valence-corrected chi connectivity index (χ4v) is 0.734. The van der Waals surface area contributed by atoms with Crippen molar-refractivity contribution < 1.29 is 25.2 Å². The lowest BCUT2D eigenvalue weighted by Gasteiger charge is -2.01. The van der Waals surface area contributed by atoms with Gasteiger partial charge in [-0.05, 0) is 32.6 Å². The Labute approximate surface area is 97.7 Å². The van der Waals surface area contributed by atoms with E-state index in [2.05, 4.69) is 0 Å². The molecule has 5 heteroatoms. The molecule has 0 amide bonds. The Morgan fingerprint density at radius 2 is 1.25 bits per heavy atom. The third-order valence-electron chi connectivity index (χ3n) is 1.66. The van der Waals surface area contributed by atoms with Gasteiger partial charge in [0.1, 0.15) is 0 Å². The van der Waals surface area contributed by atoms with Gasteiger partial charge in [0.05, 0.1) is 12.7 Å². The van der Waals surface area contributed by atoms with Crippen molar-refractivity contribution in [3.8, 4) is 0 Å². The summed E-state index contributed by atoms with van der Waals surface area (Å²) < 4.78 is 5.22. The van der Waals surface area contributed by atoms with Gasteiger partial charge in [-0.3, -0.25) is 0 Å². The molecule has 100 valence electrons. The molecule has 0 aliphatic heterocycles. The average Bonchev–Trinajstić information content (AvgIpc) is 2.29. The molecule has 0 heterocycles. The summed E-state index contributed by atoms with van der Waals surface area (Å²) in [5.41, 5.74) is 0. The number of aliphatic hydroxyl groups excluding tert-OH is 4. The molecular weight excluding hydrogens is 212 g/mol. The fourth-order valence-electron chi connectivity index (χ4n) is 0.734. The average molecular weight is 238 g/mol. The van der Waals surface area contributed by atoms with Crippen molar-refractivity contribution in [2.45, 2.75) is 38.7 Å². The Kier molecular flexibility index (Phi) is 19.5. The monoisotopic (exact) mass is 238 g/mol. The molecule has 0 spiro atoms. The van der Waals surface area contributed by atoms with Crippen LogP contribution in [0.15, 0.2) is 0 Å². The number of unbranched alkanes of at least 4 members (excludes halogenated alkanes) is 2. The van der Waals surface area contributed by atoms with E-state index in [1.54, 1.807) is 0 Å². The molecule has 1 atom stereocenters. The van der Waals surface area contributed by atoms with Crippen LogP contribution in [0, 0.1) is 0 Å². The molecule has 0 saturated carbocycles. The van der Waals surface area contributed by atoms with Gasteiger partial charge in [0.15, 0.2) is 0 Å². The zero-order valence-corrected chi connectivity index (χ0v) is 10.1. The first-order chi connectivity index (χ1) is 7.68. The SMILES string of the molecule is CC(O)CO.OCCCCOCCCCO. The van der Waals surface area contributed by atoms with Gasteiger partial charge >= 0.3 is 0 Å². The van der Waals surface area contributed by atoms with Gasteiger partial charge in [0.2, 0.25) is 0 Å². The summed E-state index contributed by atoms with van der Waals surface area (Å²) >= 11 is 0. The van der Waals surface area contributed by atoms with Crippen LogP contribution in [0.1, 0.15) is 32.6 Å². The second-order valence-electron chi connectivity index (χ2n) is 3.51. The third kappa shape index (κ3) is 23.5. The van der Waals surface area contributed by atoms with Gasteiger partial charge in [-0.15, -0.1) is 0 Å². The summed E-state index contributed by atoms with van der Waals surface area (Å²) in [5, 5.41) is 32.8. The first kappa shape index (κ1) is 18.2. The Morgan fingerprint density at radius 3 is 1.50 bits per heavy atom. The normalized spacial score (nSPS) is 11.8. The molecule has 0 aliphatic carbocycles. The lowest BCUT2D eigenvalue weighted by atomic mass is 10.3. The van der Waals surface area contributed by atoms with Gasteiger partial charge in [0.25, 0.3) is 0 Å². The fraction of sp³-hybridized carbons (Fsp3) is 1.00. The highest BCUT2D eigenvalue weighted by atomic mass is 16.5. The molecule has 0 aliphatic rings. The van der Waals surface area contributed by atoms with E-state index >= 15 is 0 Å². The second-order valence-corrected chi connectivity index (χ2v) is 3.51. The van der Waals surface area contributed by atoms with Crippen molar-refractivity contribution >= 4 is 0 Å². The Bertz CT molecular complexity index is 101. The van der Waals surface area contributed by atoms with E-state index in [-0.39, 0.29) is 19.8 Å². The summed E-state index contributed by atoms with van der Waals surface area (Å²) in [4.78, 5) is 0. The van der Waals surface area contributed by atoms with E-state index in [4.69, 9.17) is 25.2 Å². The van der Waals surface area contributed by atoms with Gasteiger partial charge in [0, 0.05) is 26.4 Å². The first-order valence-electron chi connectivity index (χ1n) is 5.77. The van der Waals surface area contributed by atoms with Crippen LogP contribution in [0.2, 0.25) is 0 Å². The van der Waals surface area contributed by atoms with Crippen molar-refractivity contribution in [3.05, 3.63) is 0 Å². The highest BCUT2D eigenvalue weighted by Crippen LogP contribution is 1.92. The summed E-state index contributed by atoms with van der Waals surface area (Å²) in [5.74, 6) is 0. The smallest absolute Gasteiger partial charge is 0.0742 e. The Morgan fingerprint density at radius 1 is 0.875 bits per heavy atom. The standard InChI is InChI=1S/C8H18O3.C3H8O2/c9-5-1-3-7-11-8-4-2-6-10;1-3(5)2-4/h9-10H,1-8H2;3-5H,2H2,1H3. The zero-order chi connectivity index (χ0) is 12.6. The maximum atomic E-state index is 8.42. The van der Waals surface area contributed by atoms with Crippen LogP contribution in [0.25, 0.3) is 0 Å². The van der Waals surface area contributed by atoms with E-state index < -0.39 is 6.10 Å². The zero-order valence-electron chi connectivity index (χ0n) is 10.1. The predicted octanol–water partition coefficient (Wildman–Crippen LogP) is -0.0925. The van der Waals surface area contributed by atoms with E-state index in [9.17, 15) is 0 Å². The highest BCUT2D eigenvalue weighted by Gasteiger charge is 1.88. The topological polar surface area (TPSA) is 90.2 Å². The van der Waals surface area contributed by atoms with Gasteiger partial charge in [-0.2, -0.15) is 0 Å². The van der Waals surface area contributed by atoms with Crippen molar-refractivity contribution in [3.63, 3.8) is 0 Å². The van der Waals surface area contributed by atoms with Gasteiger partial charge in [-0.25, -0.2) is 0 Å². The summed E-state index contributed by atoms with van der Waals surface area (Å²) in [6, 6.07) is 0. The lowest BCUT2D eigenvalue weighted by Crippen LogP contribution is -2.03. The molecule has 1 unspecified atom stereocenters. The third-order valence-corrected chi connectivity index (χ3v) is 1.66. The second kappa shape index (κ2) is 17.2. The minimum absolute atomic E-state index is 0.139. The number of hydrogen-bond acceptors (Lipinski definition) is 5. The lowest BCUT2D eigenvalue weighted by molar-refractivity contribution is 0.110. The van der Waals surface area contributed by atoms with Crippen LogP contribution in [0.4, 0.5) is 0 Å². The van der Waals surface area contributed by atoms with Crippen molar-refractivity contribution in [2.24, 2.45) is 0 Å². The Hall–Kier alpha value is -0.200. The van der Waals surface area contributed by atoms with Gasteiger partial charge < -0.3 is 25.2 Å². The van der Waals surface area contributed by atoms with Crippen LogP contribution in [0.3, 0.4) is 0 Å². The number of ether oxygens (including phenoxy) is 1. The summed E-state index contributed by atoms with van der Waals surface area (Å²) in [7, 11) is 0. The van der Waals surface area contributed by atoms with Crippen molar-refractivity contribution in [2.75, 3.05) is 33.0 Å². The molecule has 0 aromatic carbocycles. The quantitative estimate of drug-likeness (QED) is 0.421. The van der Waals surface area contributed by atoms with Crippen LogP contribution in [-0.4, -0.2) is 59.6 Å². The largest absolute Gasteiger partial charge is 0.396 e. The number of aliphatic hydroxyl groups is 4. The first-order valence-corrected chi connectivity index (χ1v) is 5.77. The van der Waals surface area contributed by atoms with Crippen LogP contribution >= 0.6 is 0 Å². The maximum Gasteiger partial charge on any atom is 0.0742 e. The van der Waals surface area contributed by atoms with Crippen LogP contribution in [0.5, 0.6) is 0 Å². The molecular formula is C11H26O5. The molecule has 5 nitrogen and oxygen atoms in total. The molecule has 0 bridgehead atoms. The highest BCUT2D eigenvalue weighted by molar-refractivity contribution is 4.38. The number of rotatable bonds is 9. The van der Waals surface area contributed by atoms with E-state index in [0.717, 1.165) is 38.9 Å². The maximum absolute atomic E-state index is 8.42. The number of hydrogen-bond donors (Lipinski definition) is 4. The minimum atomic E-state index is -0.560. The molecule has 0 saturated heterocycles. The molecule has 0 rings (SSSR count).